The molecule has 0 atom stereocenters. The van der Waals surface area contributed by atoms with Crippen LogP contribution in [0.5, 0.6) is 5.75 Å². The van der Waals surface area contributed by atoms with Crippen LogP contribution in [0.15, 0.2) is 35.5 Å². The minimum Gasteiger partial charge on any atom is -0.483 e. The van der Waals surface area contributed by atoms with E-state index in [0.717, 1.165) is 29.9 Å². The zero-order chi connectivity index (χ0) is 17.1. The fourth-order valence-electron chi connectivity index (χ4n) is 2.54. The van der Waals surface area contributed by atoms with Crippen molar-refractivity contribution in [2.45, 2.75) is 50.0 Å². The van der Waals surface area contributed by atoms with Crippen molar-refractivity contribution >= 4 is 11.8 Å². The molecular formula is C19H21F2NOS. The number of benzene rings is 1. The quantitative estimate of drug-likeness (QED) is 0.626. The number of aromatic nitrogens is 1. The second kappa shape index (κ2) is 7.51. The lowest BCUT2D eigenvalue weighted by Crippen LogP contribution is -2.04. The molecule has 1 aliphatic carbocycles. The molecule has 5 heteroatoms. The summed E-state index contributed by atoms with van der Waals surface area (Å²) in [6.07, 6.45) is 4.76. The summed E-state index contributed by atoms with van der Waals surface area (Å²) in [5, 5.41) is 1.20. The Morgan fingerprint density at radius 3 is 2.58 bits per heavy atom. The number of halogens is 2. The molecule has 128 valence electrons. The summed E-state index contributed by atoms with van der Waals surface area (Å²) in [5.41, 5.74) is 1.54. The smallest absolute Gasteiger partial charge is 0.191 e. The van der Waals surface area contributed by atoms with Crippen LogP contribution in [0.25, 0.3) is 0 Å². The van der Waals surface area contributed by atoms with Gasteiger partial charge in [0, 0.05) is 17.0 Å². The van der Waals surface area contributed by atoms with E-state index in [-0.39, 0.29) is 12.4 Å². The number of rotatable bonds is 7. The minimum atomic E-state index is -0.632. The molecule has 2 nitrogen and oxygen atoms in total. The lowest BCUT2D eigenvalue weighted by Gasteiger charge is -2.13. The average molecular weight is 349 g/mol. The van der Waals surface area contributed by atoms with Crippen molar-refractivity contribution in [2.24, 2.45) is 5.92 Å². The summed E-state index contributed by atoms with van der Waals surface area (Å²) in [6, 6.07) is 6.46. The molecule has 0 N–H and O–H groups in total. The average Bonchev–Trinajstić information content (AvgIpc) is 3.31. The lowest BCUT2D eigenvalue weighted by molar-refractivity contribution is 0.270. The van der Waals surface area contributed by atoms with Gasteiger partial charge in [-0.2, -0.15) is 0 Å². The molecule has 0 bridgehead atoms. The SMILES string of the molecule is CC(C)Sc1ncccc1COc1c(F)cc(CC2CC2)cc1F. The number of hydrogen-bond acceptors (Lipinski definition) is 3. The molecule has 0 spiro atoms. The van der Waals surface area contributed by atoms with Gasteiger partial charge in [0.05, 0.1) is 0 Å². The molecule has 1 aliphatic rings. The molecule has 1 fully saturated rings. The standard InChI is InChI=1S/C19H21F2NOS/c1-12(2)24-19-15(4-3-7-22-19)11-23-18-16(20)9-14(10-17(18)21)8-13-5-6-13/h3-4,7,9-10,12-13H,5-6,8,11H2,1-2H3. The summed E-state index contributed by atoms with van der Waals surface area (Å²) < 4.78 is 33.9. The van der Waals surface area contributed by atoms with E-state index >= 15 is 0 Å². The molecular weight excluding hydrogens is 328 g/mol. The van der Waals surface area contributed by atoms with Crippen molar-refractivity contribution in [3.05, 3.63) is 53.2 Å². The highest BCUT2D eigenvalue weighted by Crippen LogP contribution is 2.34. The van der Waals surface area contributed by atoms with E-state index in [1.807, 2.05) is 6.07 Å². The zero-order valence-corrected chi connectivity index (χ0v) is 14.7. The van der Waals surface area contributed by atoms with Gasteiger partial charge in [0.1, 0.15) is 11.6 Å². The fraction of sp³-hybridized carbons (Fsp3) is 0.421. The van der Waals surface area contributed by atoms with E-state index in [4.69, 9.17) is 4.74 Å². The van der Waals surface area contributed by atoms with Crippen LogP contribution < -0.4 is 4.74 Å². The van der Waals surface area contributed by atoms with Gasteiger partial charge < -0.3 is 4.74 Å². The molecule has 3 rings (SSSR count). The van der Waals surface area contributed by atoms with Crippen LogP contribution in [-0.4, -0.2) is 10.2 Å². The molecule has 1 aromatic heterocycles. The Bertz CT molecular complexity index is 693. The molecule has 0 amide bonds. The van der Waals surface area contributed by atoms with Crippen molar-refractivity contribution in [1.29, 1.82) is 0 Å². The molecule has 0 saturated heterocycles. The Morgan fingerprint density at radius 2 is 1.96 bits per heavy atom. The van der Waals surface area contributed by atoms with Crippen molar-refractivity contribution < 1.29 is 13.5 Å². The van der Waals surface area contributed by atoms with Gasteiger partial charge >= 0.3 is 0 Å². The second-order valence-electron chi connectivity index (χ2n) is 6.46. The first-order chi connectivity index (χ1) is 11.5. The highest BCUT2D eigenvalue weighted by molar-refractivity contribution is 7.99. The lowest BCUT2D eigenvalue weighted by atomic mass is 10.1. The predicted octanol–water partition coefficient (Wildman–Crippen LogP) is 5.39. The Labute approximate surface area is 145 Å². The molecule has 0 unspecified atom stereocenters. The number of thioether (sulfide) groups is 1. The normalized spacial score (nSPS) is 14.2. The zero-order valence-electron chi connectivity index (χ0n) is 13.9. The van der Waals surface area contributed by atoms with Crippen LogP contribution in [0.2, 0.25) is 0 Å². The van der Waals surface area contributed by atoms with Crippen LogP contribution in [0.3, 0.4) is 0 Å². The van der Waals surface area contributed by atoms with Gasteiger partial charge in [-0.1, -0.05) is 19.9 Å². The van der Waals surface area contributed by atoms with E-state index < -0.39 is 11.6 Å². The van der Waals surface area contributed by atoms with Crippen molar-refractivity contribution in [3.63, 3.8) is 0 Å². The van der Waals surface area contributed by atoms with Gasteiger partial charge in [0.25, 0.3) is 0 Å². The molecule has 1 saturated carbocycles. The molecule has 2 aromatic rings. The van der Waals surface area contributed by atoms with Crippen molar-refractivity contribution in [1.82, 2.24) is 4.98 Å². The Kier molecular flexibility index (Phi) is 5.39. The molecule has 0 radical (unpaired) electrons. The summed E-state index contributed by atoms with van der Waals surface area (Å²) in [6.45, 7) is 4.24. The summed E-state index contributed by atoms with van der Waals surface area (Å²) in [5.74, 6) is -0.985. The summed E-state index contributed by atoms with van der Waals surface area (Å²) in [7, 11) is 0. The molecule has 1 aromatic carbocycles. The maximum Gasteiger partial charge on any atom is 0.191 e. The van der Waals surface area contributed by atoms with Crippen molar-refractivity contribution in [3.8, 4) is 5.75 Å². The van der Waals surface area contributed by atoms with E-state index in [0.29, 0.717) is 16.7 Å². The topological polar surface area (TPSA) is 22.1 Å². The van der Waals surface area contributed by atoms with Gasteiger partial charge in [0.2, 0.25) is 0 Å². The van der Waals surface area contributed by atoms with Gasteiger partial charge in [-0.3, -0.25) is 0 Å². The number of ether oxygens (including phenoxy) is 1. The first-order valence-electron chi connectivity index (χ1n) is 8.24. The van der Waals surface area contributed by atoms with Gasteiger partial charge in [-0.15, -0.1) is 11.8 Å². The van der Waals surface area contributed by atoms with Gasteiger partial charge in [-0.05, 0) is 48.9 Å². The van der Waals surface area contributed by atoms with E-state index in [1.54, 1.807) is 24.0 Å². The summed E-state index contributed by atoms with van der Waals surface area (Å²) >= 11 is 1.61. The highest BCUT2D eigenvalue weighted by atomic mass is 32.2. The number of pyridine rings is 1. The number of hydrogen-bond donors (Lipinski definition) is 0. The minimum absolute atomic E-state index is 0.0959. The Balaban J connectivity index is 1.72. The van der Waals surface area contributed by atoms with E-state index in [9.17, 15) is 8.78 Å². The van der Waals surface area contributed by atoms with Crippen molar-refractivity contribution in [2.75, 3.05) is 0 Å². The fourth-order valence-corrected chi connectivity index (χ4v) is 3.38. The van der Waals surface area contributed by atoms with Crippen LogP contribution >= 0.6 is 11.8 Å². The first-order valence-corrected chi connectivity index (χ1v) is 9.12. The maximum absolute atomic E-state index is 14.2. The maximum atomic E-state index is 14.2. The van der Waals surface area contributed by atoms with Crippen LogP contribution in [0, 0.1) is 17.6 Å². The second-order valence-corrected chi connectivity index (χ2v) is 8.02. The third kappa shape index (κ3) is 4.47. The van der Waals surface area contributed by atoms with Crippen LogP contribution in [-0.2, 0) is 13.0 Å². The third-order valence-corrected chi connectivity index (χ3v) is 4.91. The van der Waals surface area contributed by atoms with E-state index in [1.165, 1.54) is 12.1 Å². The van der Waals surface area contributed by atoms with Gasteiger partial charge in [-0.25, -0.2) is 13.8 Å². The molecule has 1 heterocycles. The van der Waals surface area contributed by atoms with E-state index in [2.05, 4.69) is 18.8 Å². The largest absolute Gasteiger partial charge is 0.483 e. The summed E-state index contributed by atoms with van der Waals surface area (Å²) in [4.78, 5) is 4.33. The first kappa shape index (κ1) is 17.2. The monoisotopic (exact) mass is 349 g/mol. The predicted molar refractivity (Wildman–Crippen MR) is 92.3 cm³/mol. The van der Waals surface area contributed by atoms with Crippen LogP contribution in [0.1, 0.15) is 37.8 Å². The molecule has 0 aliphatic heterocycles. The van der Waals surface area contributed by atoms with Gasteiger partial charge in [0.15, 0.2) is 17.4 Å². The Hall–Kier alpha value is -1.62. The highest BCUT2D eigenvalue weighted by Gasteiger charge is 2.23. The Morgan fingerprint density at radius 1 is 1.25 bits per heavy atom. The number of nitrogens with zero attached hydrogens (tertiary/aromatic N) is 1. The third-order valence-electron chi connectivity index (χ3n) is 3.85. The molecule has 24 heavy (non-hydrogen) atoms. The van der Waals surface area contributed by atoms with Crippen LogP contribution in [0.4, 0.5) is 8.78 Å².